The number of aromatic amines is 1. The lowest BCUT2D eigenvalue weighted by molar-refractivity contribution is -0.119. The zero-order chi connectivity index (χ0) is 14.8. The average Bonchev–Trinajstić information content (AvgIpc) is 2.86. The summed E-state index contributed by atoms with van der Waals surface area (Å²) in [6, 6.07) is 6.25. The molecule has 0 fully saturated rings. The molecule has 1 N–H and O–H groups in total. The van der Waals surface area contributed by atoms with E-state index in [-0.39, 0.29) is 10.7 Å². The Kier molecular flexibility index (Phi) is 3.88. The number of benzene rings is 1. The third-order valence-electron chi connectivity index (χ3n) is 3.70. The van der Waals surface area contributed by atoms with Gasteiger partial charge < -0.3 is 9.32 Å². The second-order valence-electron chi connectivity index (χ2n) is 5.33. The fraction of sp³-hybridized carbons (Fsp3) is 0.400. The van der Waals surface area contributed by atoms with Crippen LogP contribution in [0.1, 0.15) is 36.3 Å². The molecule has 0 radical (unpaired) electrons. The molecular formula is C15H17N3O2S. The van der Waals surface area contributed by atoms with Crippen molar-refractivity contribution in [3.8, 4) is 0 Å². The van der Waals surface area contributed by atoms with Gasteiger partial charge in [-0.2, -0.15) is 0 Å². The highest BCUT2D eigenvalue weighted by Crippen LogP contribution is 2.28. The summed E-state index contributed by atoms with van der Waals surface area (Å²) in [6.07, 6.45) is 3.49. The molecule has 0 saturated heterocycles. The zero-order valence-corrected chi connectivity index (χ0v) is 12.7. The van der Waals surface area contributed by atoms with Crippen molar-refractivity contribution in [2.75, 3.05) is 4.90 Å². The standard InChI is InChI=1S/C15H17N3O2S/c1-10-6-7-11-4-2-3-5-14(19)18(12(11)8-10)9-13-16-17-15(21)20-13/h6-8H,2-5,9H2,1H3,(H,17,21). The molecule has 1 amide bonds. The van der Waals surface area contributed by atoms with Gasteiger partial charge in [-0.1, -0.05) is 12.1 Å². The van der Waals surface area contributed by atoms with Gasteiger partial charge in [0.25, 0.3) is 4.84 Å². The van der Waals surface area contributed by atoms with E-state index in [0.29, 0.717) is 18.9 Å². The fourth-order valence-electron chi connectivity index (χ4n) is 2.63. The van der Waals surface area contributed by atoms with Crippen molar-refractivity contribution in [3.05, 3.63) is 40.1 Å². The van der Waals surface area contributed by atoms with Crippen molar-refractivity contribution in [3.63, 3.8) is 0 Å². The van der Waals surface area contributed by atoms with Crippen molar-refractivity contribution in [1.82, 2.24) is 10.2 Å². The van der Waals surface area contributed by atoms with E-state index in [1.807, 2.05) is 6.92 Å². The molecule has 2 aromatic rings. The quantitative estimate of drug-likeness (QED) is 0.865. The third-order valence-corrected chi connectivity index (χ3v) is 3.87. The minimum atomic E-state index is 0.102. The summed E-state index contributed by atoms with van der Waals surface area (Å²) >= 11 is 4.89. The molecule has 1 aliphatic rings. The highest BCUT2D eigenvalue weighted by atomic mass is 32.1. The molecule has 2 heterocycles. The molecule has 1 aliphatic heterocycles. The van der Waals surface area contributed by atoms with Crippen molar-refractivity contribution in [2.24, 2.45) is 0 Å². The molecule has 0 atom stereocenters. The van der Waals surface area contributed by atoms with Gasteiger partial charge in [-0.15, -0.1) is 5.10 Å². The molecule has 0 saturated carbocycles. The van der Waals surface area contributed by atoms with Crippen LogP contribution in [-0.4, -0.2) is 16.1 Å². The SMILES string of the molecule is Cc1ccc2c(c1)N(Cc1n[nH]c(=S)o1)C(=O)CCCC2. The number of fused-ring (bicyclic) bond motifs is 1. The van der Waals surface area contributed by atoms with Crippen LogP contribution in [0.3, 0.4) is 0 Å². The Bertz CT molecular complexity index is 720. The lowest BCUT2D eigenvalue weighted by atomic mass is 9.99. The van der Waals surface area contributed by atoms with Crippen molar-refractivity contribution < 1.29 is 9.21 Å². The first kappa shape index (κ1) is 14.0. The smallest absolute Gasteiger partial charge is 0.284 e. The topological polar surface area (TPSA) is 62.1 Å². The number of hydrogen-bond acceptors (Lipinski definition) is 4. The number of rotatable bonds is 2. The van der Waals surface area contributed by atoms with Crippen LogP contribution in [-0.2, 0) is 17.8 Å². The van der Waals surface area contributed by atoms with Crippen LogP contribution in [0, 0.1) is 11.8 Å². The molecular weight excluding hydrogens is 286 g/mol. The molecule has 1 aromatic heterocycles. The van der Waals surface area contributed by atoms with E-state index in [1.54, 1.807) is 4.90 Å². The molecule has 6 heteroatoms. The summed E-state index contributed by atoms with van der Waals surface area (Å²) in [5.74, 6) is 0.534. The third kappa shape index (κ3) is 3.05. The summed E-state index contributed by atoms with van der Waals surface area (Å²) in [5.41, 5.74) is 3.29. The number of amides is 1. The Morgan fingerprint density at radius 3 is 2.95 bits per heavy atom. The van der Waals surface area contributed by atoms with E-state index in [2.05, 4.69) is 28.4 Å². The average molecular weight is 303 g/mol. The number of carbonyl (C=O) groups is 1. The van der Waals surface area contributed by atoms with Gasteiger partial charge in [0.1, 0.15) is 6.54 Å². The Labute approximate surface area is 128 Å². The number of aromatic nitrogens is 2. The first-order valence-corrected chi connectivity index (χ1v) is 7.48. The van der Waals surface area contributed by atoms with E-state index in [9.17, 15) is 4.79 Å². The largest absolute Gasteiger partial charge is 0.412 e. The number of H-pyrrole nitrogens is 1. The maximum Gasteiger partial charge on any atom is 0.284 e. The van der Waals surface area contributed by atoms with Crippen LogP contribution in [0.25, 0.3) is 0 Å². The molecule has 0 spiro atoms. The van der Waals surface area contributed by atoms with E-state index in [4.69, 9.17) is 16.6 Å². The van der Waals surface area contributed by atoms with Crippen molar-refractivity contribution in [2.45, 2.75) is 39.2 Å². The summed E-state index contributed by atoms with van der Waals surface area (Å²) in [7, 11) is 0. The van der Waals surface area contributed by atoms with Crippen LogP contribution >= 0.6 is 12.2 Å². The highest BCUT2D eigenvalue weighted by molar-refractivity contribution is 7.71. The summed E-state index contributed by atoms with van der Waals surface area (Å²) in [6.45, 7) is 2.34. The second kappa shape index (κ2) is 5.81. The van der Waals surface area contributed by atoms with Gasteiger partial charge in [-0.05, 0) is 55.6 Å². The molecule has 1 aromatic carbocycles. The van der Waals surface area contributed by atoms with Gasteiger partial charge in [0.2, 0.25) is 11.8 Å². The van der Waals surface area contributed by atoms with Gasteiger partial charge >= 0.3 is 0 Å². The van der Waals surface area contributed by atoms with E-state index >= 15 is 0 Å². The molecule has 110 valence electrons. The minimum Gasteiger partial charge on any atom is -0.412 e. The molecule has 3 rings (SSSR count). The van der Waals surface area contributed by atoms with Crippen molar-refractivity contribution >= 4 is 23.8 Å². The maximum absolute atomic E-state index is 12.5. The monoisotopic (exact) mass is 303 g/mol. The molecule has 0 bridgehead atoms. The van der Waals surface area contributed by atoms with E-state index in [1.165, 1.54) is 5.56 Å². The minimum absolute atomic E-state index is 0.102. The second-order valence-corrected chi connectivity index (χ2v) is 5.70. The number of carbonyl (C=O) groups excluding carboxylic acids is 1. The van der Waals surface area contributed by atoms with Gasteiger partial charge in [0.05, 0.1) is 0 Å². The first-order chi connectivity index (χ1) is 10.1. The zero-order valence-electron chi connectivity index (χ0n) is 11.9. The van der Waals surface area contributed by atoms with Crippen LogP contribution < -0.4 is 4.90 Å². The fourth-order valence-corrected chi connectivity index (χ4v) is 2.78. The highest BCUT2D eigenvalue weighted by Gasteiger charge is 2.22. The van der Waals surface area contributed by atoms with Crippen molar-refractivity contribution in [1.29, 1.82) is 0 Å². The Morgan fingerprint density at radius 1 is 1.38 bits per heavy atom. The summed E-state index contributed by atoms with van der Waals surface area (Å²) < 4.78 is 5.31. The number of hydrogen-bond donors (Lipinski definition) is 1. The Hall–Kier alpha value is -1.95. The molecule has 0 aliphatic carbocycles. The summed E-state index contributed by atoms with van der Waals surface area (Å²) in [4.78, 5) is 14.5. The first-order valence-electron chi connectivity index (χ1n) is 7.08. The summed E-state index contributed by atoms with van der Waals surface area (Å²) in [5, 5.41) is 6.60. The number of nitrogens with one attached hydrogen (secondary N) is 1. The number of anilines is 1. The van der Waals surface area contributed by atoms with E-state index in [0.717, 1.165) is 30.5 Å². The van der Waals surface area contributed by atoms with Crippen LogP contribution in [0.5, 0.6) is 0 Å². The lowest BCUT2D eigenvalue weighted by Crippen LogP contribution is -2.32. The maximum atomic E-state index is 12.5. The van der Waals surface area contributed by atoms with Gasteiger partial charge in [-0.25, -0.2) is 5.10 Å². The van der Waals surface area contributed by atoms with Gasteiger partial charge in [0, 0.05) is 12.1 Å². The van der Waals surface area contributed by atoms with Gasteiger partial charge in [0.15, 0.2) is 0 Å². The van der Waals surface area contributed by atoms with Crippen LogP contribution in [0.4, 0.5) is 5.69 Å². The molecule has 5 nitrogen and oxygen atoms in total. The predicted molar refractivity (Wildman–Crippen MR) is 81.6 cm³/mol. The Balaban J connectivity index is 2.01. The van der Waals surface area contributed by atoms with Crippen LogP contribution in [0.2, 0.25) is 0 Å². The predicted octanol–water partition coefficient (Wildman–Crippen LogP) is 3.30. The number of nitrogens with zero attached hydrogens (tertiary/aromatic N) is 2. The Morgan fingerprint density at radius 2 is 2.19 bits per heavy atom. The normalized spacial score (nSPS) is 15.5. The van der Waals surface area contributed by atoms with E-state index < -0.39 is 0 Å². The van der Waals surface area contributed by atoms with Gasteiger partial charge in [-0.3, -0.25) is 4.79 Å². The molecule has 21 heavy (non-hydrogen) atoms. The molecule has 0 unspecified atom stereocenters. The number of aryl methyl sites for hydroxylation is 2. The van der Waals surface area contributed by atoms with Crippen LogP contribution in [0.15, 0.2) is 22.6 Å². The lowest BCUT2D eigenvalue weighted by Gasteiger charge is -2.26.